The molecule has 1 fully saturated rings. The van der Waals surface area contributed by atoms with Crippen LogP contribution in [0.25, 0.3) is 0 Å². The zero-order valence-electron chi connectivity index (χ0n) is 9.72. The fraction of sp³-hybridized carbons (Fsp3) is 1.00. The van der Waals surface area contributed by atoms with Gasteiger partial charge in [0, 0.05) is 12.6 Å². The van der Waals surface area contributed by atoms with Crippen LogP contribution in [0.2, 0.25) is 0 Å². The fourth-order valence-electron chi connectivity index (χ4n) is 2.23. The Labute approximate surface area is 88.4 Å². The molecule has 0 bridgehead atoms. The maximum atomic E-state index is 5.55. The number of ether oxygens (including phenoxy) is 1. The molecule has 1 saturated heterocycles. The minimum atomic E-state index is 0.695. The molecule has 0 saturated carbocycles. The van der Waals surface area contributed by atoms with E-state index in [4.69, 9.17) is 4.74 Å². The predicted molar refractivity (Wildman–Crippen MR) is 60.5 cm³/mol. The molecule has 0 amide bonds. The zero-order chi connectivity index (χ0) is 10.2. The van der Waals surface area contributed by atoms with E-state index in [1.165, 1.54) is 32.1 Å². The van der Waals surface area contributed by atoms with Crippen molar-refractivity contribution in [3.8, 4) is 0 Å². The highest BCUT2D eigenvalue weighted by molar-refractivity contribution is 4.77. The van der Waals surface area contributed by atoms with E-state index in [1.807, 2.05) is 0 Å². The number of rotatable bonds is 6. The van der Waals surface area contributed by atoms with Gasteiger partial charge in [-0.1, -0.05) is 20.3 Å². The molecule has 1 aliphatic heterocycles. The van der Waals surface area contributed by atoms with Crippen LogP contribution in [0.1, 0.15) is 46.0 Å². The average Bonchev–Trinajstić information content (AvgIpc) is 2.25. The topological polar surface area (TPSA) is 21.3 Å². The monoisotopic (exact) mass is 199 g/mol. The van der Waals surface area contributed by atoms with E-state index in [9.17, 15) is 0 Å². The Balaban J connectivity index is 2.30. The van der Waals surface area contributed by atoms with Crippen LogP contribution in [0.15, 0.2) is 0 Å². The standard InChI is InChI=1S/C12H25NO/c1-3-6-12(13-8-4-2)11-7-5-9-14-10-11/h11-13H,3-10H2,1-2H3. The summed E-state index contributed by atoms with van der Waals surface area (Å²) in [5, 5.41) is 3.66. The summed E-state index contributed by atoms with van der Waals surface area (Å²) in [6, 6.07) is 0.695. The van der Waals surface area contributed by atoms with Crippen molar-refractivity contribution in [2.75, 3.05) is 19.8 Å². The van der Waals surface area contributed by atoms with Crippen molar-refractivity contribution in [3.63, 3.8) is 0 Å². The van der Waals surface area contributed by atoms with Gasteiger partial charge in [0.2, 0.25) is 0 Å². The lowest BCUT2D eigenvalue weighted by molar-refractivity contribution is 0.0378. The van der Waals surface area contributed by atoms with Gasteiger partial charge in [0.1, 0.15) is 0 Å². The molecule has 0 aromatic heterocycles. The normalized spacial score (nSPS) is 24.9. The first kappa shape index (κ1) is 12.0. The van der Waals surface area contributed by atoms with Crippen LogP contribution < -0.4 is 5.32 Å². The highest BCUT2D eigenvalue weighted by Gasteiger charge is 2.22. The molecule has 0 spiro atoms. The molecule has 1 aliphatic rings. The van der Waals surface area contributed by atoms with E-state index >= 15 is 0 Å². The molecule has 2 heteroatoms. The molecule has 84 valence electrons. The van der Waals surface area contributed by atoms with Gasteiger partial charge >= 0.3 is 0 Å². The van der Waals surface area contributed by atoms with Crippen molar-refractivity contribution in [2.24, 2.45) is 5.92 Å². The fourth-order valence-corrected chi connectivity index (χ4v) is 2.23. The minimum absolute atomic E-state index is 0.695. The van der Waals surface area contributed by atoms with Crippen molar-refractivity contribution in [3.05, 3.63) is 0 Å². The van der Waals surface area contributed by atoms with Crippen molar-refractivity contribution in [2.45, 2.75) is 52.0 Å². The molecule has 0 aromatic carbocycles. The Morgan fingerprint density at radius 3 is 2.79 bits per heavy atom. The lowest BCUT2D eigenvalue weighted by Crippen LogP contribution is -2.40. The molecule has 1 N–H and O–H groups in total. The second-order valence-corrected chi connectivity index (χ2v) is 4.33. The first-order valence-corrected chi connectivity index (χ1v) is 6.19. The highest BCUT2D eigenvalue weighted by Crippen LogP contribution is 2.20. The summed E-state index contributed by atoms with van der Waals surface area (Å²) in [5.74, 6) is 0.759. The molecule has 0 radical (unpaired) electrons. The second-order valence-electron chi connectivity index (χ2n) is 4.33. The van der Waals surface area contributed by atoms with Crippen LogP contribution >= 0.6 is 0 Å². The Morgan fingerprint density at radius 1 is 1.36 bits per heavy atom. The molecule has 2 nitrogen and oxygen atoms in total. The SMILES string of the molecule is CCCNC(CCC)C1CCCOC1. The molecule has 0 aromatic rings. The molecule has 14 heavy (non-hydrogen) atoms. The molecule has 1 rings (SSSR count). The van der Waals surface area contributed by atoms with Crippen LogP contribution in [0.5, 0.6) is 0 Å². The molecule has 0 aliphatic carbocycles. The summed E-state index contributed by atoms with van der Waals surface area (Å²) >= 11 is 0. The summed E-state index contributed by atoms with van der Waals surface area (Å²) in [5.41, 5.74) is 0. The molecule has 2 atom stereocenters. The average molecular weight is 199 g/mol. The first-order valence-electron chi connectivity index (χ1n) is 6.19. The van der Waals surface area contributed by atoms with Gasteiger partial charge in [0.25, 0.3) is 0 Å². The Bertz CT molecular complexity index is 132. The first-order chi connectivity index (χ1) is 6.88. The second kappa shape index (κ2) is 7.24. The van der Waals surface area contributed by atoms with Gasteiger partial charge in [-0.25, -0.2) is 0 Å². The summed E-state index contributed by atoms with van der Waals surface area (Å²) in [4.78, 5) is 0. The van der Waals surface area contributed by atoms with Crippen LogP contribution in [0.4, 0.5) is 0 Å². The van der Waals surface area contributed by atoms with Crippen LogP contribution in [-0.2, 0) is 4.74 Å². The van der Waals surface area contributed by atoms with E-state index in [2.05, 4.69) is 19.2 Å². The summed E-state index contributed by atoms with van der Waals surface area (Å²) in [7, 11) is 0. The maximum absolute atomic E-state index is 5.55. The Hall–Kier alpha value is -0.0800. The lowest BCUT2D eigenvalue weighted by Gasteiger charge is -2.30. The number of nitrogens with one attached hydrogen (secondary N) is 1. The van der Waals surface area contributed by atoms with Crippen LogP contribution in [0.3, 0.4) is 0 Å². The quantitative estimate of drug-likeness (QED) is 0.710. The van der Waals surface area contributed by atoms with Gasteiger partial charge in [0.05, 0.1) is 6.61 Å². The third kappa shape index (κ3) is 3.97. The van der Waals surface area contributed by atoms with Gasteiger partial charge in [-0.3, -0.25) is 0 Å². The van der Waals surface area contributed by atoms with Crippen LogP contribution in [-0.4, -0.2) is 25.8 Å². The number of hydrogen-bond donors (Lipinski definition) is 1. The van der Waals surface area contributed by atoms with Crippen LogP contribution in [0, 0.1) is 5.92 Å². The van der Waals surface area contributed by atoms with Crippen molar-refractivity contribution < 1.29 is 4.74 Å². The van der Waals surface area contributed by atoms with Gasteiger partial charge in [-0.05, 0) is 38.1 Å². The Kier molecular flexibility index (Phi) is 6.20. The van der Waals surface area contributed by atoms with E-state index in [0.29, 0.717) is 6.04 Å². The summed E-state index contributed by atoms with van der Waals surface area (Å²) < 4.78 is 5.55. The summed E-state index contributed by atoms with van der Waals surface area (Å²) in [6.07, 6.45) is 6.40. The third-order valence-corrected chi connectivity index (χ3v) is 3.02. The molecule has 1 heterocycles. The van der Waals surface area contributed by atoms with E-state index in [1.54, 1.807) is 0 Å². The molecular weight excluding hydrogens is 174 g/mol. The van der Waals surface area contributed by atoms with Crippen molar-refractivity contribution >= 4 is 0 Å². The van der Waals surface area contributed by atoms with Gasteiger partial charge in [-0.2, -0.15) is 0 Å². The van der Waals surface area contributed by atoms with Gasteiger partial charge < -0.3 is 10.1 Å². The smallest absolute Gasteiger partial charge is 0.0509 e. The third-order valence-electron chi connectivity index (χ3n) is 3.02. The van der Waals surface area contributed by atoms with E-state index in [0.717, 1.165) is 25.7 Å². The van der Waals surface area contributed by atoms with E-state index in [-0.39, 0.29) is 0 Å². The van der Waals surface area contributed by atoms with Gasteiger partial charge in [0.15, 0.2) is 0 Å². The van der Waals surface area contributed by atoms with Gasteiger partial charge in [-0.15, -0.1) is 0 Å². The predicted octanol–water partition coefficient (Wildman–Crippen LogP) is 2.58. The Morgan fingerprint density at radius 2 is 2.21 bits per heavy atom. The molecular formula is C12H25NO. The zero-order valence-corrected chi connectivity index (χ0v) is 9.72. The molecule has 2 unspecified atom stereocenters. The minimum Gasteiger partial charge on any atom is -0.381 e. The largest absolute Gasteiger partial charge is 0.381 e. The van der Waals surface area contributed by atoms with E-state index < -0.39 is 0 Å². The number of hydrogen-bond acceptors (Lipinski definition) is 2. The lowest BCUT2D eigenvalue weighted by atomic mass is 9.91. The summed E-state index contributed by atoms with van der Waals surface area (Å²) in [6.45, 7) is 7.60. The highest BCUT2D eigenvalue weighted by atomic mass is 16.5. The van der Waals surface area contributed by atoms with Crippen molar-refractivity contribution in [1.29, 1.82) is 0 Å². The maximum Gasteiger partial charge on any atom is 0.0509 e. The van der Waals surface area contributed by atoms with Crippen molar-refractivity contribution in [1.82, 2.24) is 5.32 Å².